The minimum Gasteiger partial charge on any atom is -0.358 e. The average Bonchev–Trinajstić information content (AvgIpc) is 3.41. The SMILES string of the molecule is O=C(CC12CC3CC(C1)CC(n1cc(Br)c([N+](=O)[O-])n1)(C3)C2)NCCCn1nc(C(F)(F)F)cc1C1CC1. The van der Waals surface area contributed by atoms with Crippen LogP contribution in [0.4, 0.5) is 19.0 Å². The van der Waals surface area contributed by atoms with E-state index in [9.17, 15) is 28.1 Å². The van der Waals surface area contributed by atoms with Gasteiger partial charge in [0.25, 0.3) is 0 Å². The number of rotatable bonds is 9. The first-order valence-electron chi connectivity index (χ1n) is 13.3. The molecule has 2 aromatic rings. The Labute approximate surface area is 225 Å². The van der Waals surface area contributed by atoms with Gasteiger partial charge < -0.3 is 15.4 Å². The van der Waals surface area contributed by atoms with Crippen molar-refractivity contribution in [1.29, 1.82) is 0 Å². The molecular weight excluding hydrogens is 569 g/mol. The lowest BCUT2D eigenvalue weighted by molar-refractivity contribution is -0.390. The van der Waals surface area contributed by atoms with Gasteiger partial charge in [0.05, 0.1) is 16.8 Å². The lowest BCUT2D eigenvalue weighted by Crippen LogP contribution is -2.57. The molecule has 13 heteroatoms. The lowest BCUT2D eigenvalue weighted by atomic mass is 9.46. The molecule has 0 aliphatic heterocycles. The molecule has 5 fully saturated rings. The number of aromatic nitrogens is 4. The average molecular weight is 599 g/mol. The summed E-state index contributed by atoms with van der Waals surface area (Å²) in [6.07, 6.45) is 5.59. The molecular formula is C25H30BrF3N6O3. The molecule has 5 saturated carbocycles. The van der Waals surface area contributed by atoms with Gasteiger partial charge in [0.2, 0.25) is 5.91 Å². The zero-order valence-electron chi connectivity index (χ0n) is 20.8. The van der Waals surface area contributed by atoms with Crippen molar-refractivity contribution in [1.82, 2.24) is 24.9 Å². The summed E-state index contributed by atoms with van der Waals surface area (Å²) in [5.74, 6) is 0.850. The molecule has 5 aliphatic rings. The Morgan fingerprint density at radius 2 is 1.92 bits per heavy atom. The summed E-state index contributed by atoms with van der Waals surface area (Å²) in [7, 11) is 0. The molecule has 1 amide bonds. The number of alkyl halides is 3. The molecule has 0 aromatic carbocycles. The molecule has 7 rings (SSSR count). The van der Waals surface area contributed by atoms with Crippen LogP contribution in [0.2, 0.25) is 0 Å². The third-order valence-electron chi connectivity index (χ3n) is 8.96. The number of hydrogen-bond donors (Lipinski definition) is 1. The van der Waals surface area contributed by atoms with E-state index in [1.807, 2.05) is 0 Å². The third-order valence-corrected chi connectivity index (χ3v) is 9.52. The Bertz CT molecular complexity index is 1260. The van der Waals surface area contributed by atoms with Gasteiger partial charge in [-0.3, -0.25) is 9.48 Å². The summed E-state index contributed by atoms with van der Waals surface area (Å²) in [6.45, 7) is 0.698. The molecule has 2 unspecified atom stereocenters. The zero-order valence-corrected chi connectivity index (χ0v) is 22.4. The first-order chi connectivity index (χ1) is 18.0. The van der Waals surface area contributed by atoms with E-state index in [0.29, 0.717) is 47.9 Å². The highest BCUT2D eigenvalue weighted by Gasteiger charge is 2.60. The number of amides is 1. The maximum absolute atomic E-state index is 13.1. The van der Waals surface area contributed by atoms with E-state index < -0.39 is 16.8 Å². The van der Waals surface area contributed by atoms with E-state index in [1.54, 1.807) is 10.9 Å². The quantitative estimate of drug-likeness (QED) is 0.232. The van der Waals surface area contributed by atoms with Gasteiger partial charge in [-0.05, 0) is 102 Å². The van der Waals surface area contributed by atoms with Crippen molar-refractivity contribution in [3.8, 4) is 0 Å². The first kappa shape index (κ1) is 25.8. The monoisotopic (exact) mass is 598 g/mol. The Morgan fingerprint density at radius 3 is 2.53 bits per heavy atom. The minimum atomic E-state index is -4.46. The second-order valence-corrected chi connectivity index (χ2v) is 12.9. The number of nitrogens with zero attached hydrogens (tertiary/aromatic N) is 5. The minimum absolute atomic E-state index is 0.0476. The topological polar surface area (TPSA) is 108 Å². The van der Waals surface area contributed by atoms with Crippen molar-refractivity contribution in [3.05, 3.63) is 38.2 Å². The van der Waals surface area contributed by atoms with Gasteiger partial charge in [-0.2, -0.15) is 23.0 Å². The van der Waals surface area contributed by atoms with E-state index in [4.69, 9.17) is 0 Å². The standard InChI is InChI=1S/C25H30BrF3N6O3/c26-18-13-34(32-22(18)35(37)38)24-10-15-6-16(11-24)9-23(8-15,14-24)12-21(36)30-4-1-5-33-19(17-2-3-17)7-20(31-33)25(27,28)29/h7,13,15-17H,1-6,8-12,14H2,(H,30,36). The van der Waals surface area contributed by atoms with Crippen LogP contribution in [0.25, 0.3) is 0 Å². The van der Waals surface area contributed by atoms with Gasteiger partial charge in [-0.1, -0.05) is 0 Å². The Balaban J connectivity index is 1.08. The lowest BCUT2D eigenvalue weighted by Gasteiger charge is -2.61. The number of aryl methyl sites for hydroxylation is 1. The fraction of sp³-hybridized carbons (Fsp3) is 0.720. The van der Waals surface area contributed by atoms with Crippen molar-refractivity contribution in [3.63, 3.8) is 0 Å². The fourth-order valence-electron chi connectivity index (χ4n) is 7.90. The third kappa shape index (κ3) is 4.75. The molecule has 5 aliphatic carbocycles. The number of halogens is 4. The summed E-state index contributed by atoms with van der Waals surface area (Å²) in [6, 6.07) is 1.16. The predicted octanol–water partition coefficient (Wildman–Crippen LogP) is 5.54. The van der Waals surface area contributed by atoms with E-state index in [-0.39, 0.29) is 28.6 Å². The first-order valence-corrected chi connectivity index (χ1v) is 14.1. The van der Waals surface area contributed by atoms with Crippen molar-refractivity contribution >= 4 is 27.7 Å². The van der Waals surface area contributed by atoms with Crippen LogP contribution in [0, 0.1) is 27.4 Å². The van der Waals surface area contributed by atoms with E-state index >= 15 is 0 Å². The molecule has 0 spiro atoms. The smallest absolute Gasteiger partial charge is 0.358 e. The second kappa shape index (κ2) is 9.06. The van der Waals surface area contributed by atoms with Gasteiger partial charge in [-0.25, -0.2) is 0 Å². The maximum atomic E-state index is 13.1. The van der Waals surface area contributed by atoms with Gasteiger partial charge in [0.15, 0.2) is 5.69 Å². The number of carbonyl (C=O) groups is 1. The highest BCUT2D eigenvalue weighted by Crippen LogP contribution is 2.65. The van der Waals surface area contributed by atoms with Crippen LogP contribution in [-0.4, -0.2) is 36.9 Å². The zero-order chi connectivity index (χ0) is 26.9. The molecule has 9 nitrogen and oxygen atoms in total. The van der Waals surface area contributed by atoms with Gasteiger partial charge in [0, 0.05) is 31.1 Å². The van der Waals surface area contributed by atoms with E-state index in [0.717, 1.165) is 57.4 Å². The number of hydrogen-bond acceptors (Lipinski definition) is 5. The van der Waals surface area contributed by atoms with Gasteiger partial charge >= 0.3 is 12.0 Å². The number of nitrogens with one attached hydrogen (secondary N) is 1. The highest BCUT2D eigenvalue weighted by atomic mass is 79.9. The molecule has 0 radical (unpaired) electrons. The van der Waals surface area contributed by atoms with Crippen LogP contribution in [0.5, 0.6) is 0 Å². The van der Waals surface area contributed by atoms with Crippen LogP contribution in [0.3, 0.4) is 0 Å². The molecule has 2 heterocycles. The summed E-state index contributed by atoms with van der Waals surface area (Å²) >= 11 is 3.28. The number of nitro groups is 1. The predicted molar refractivity (Wildman–Crippen MR) is 133 cm³/mol. The molecule has 1 N–H and O–H groups in total. The summed E-state index contributed by atoms with van der Waals surface area (Å²) in [5.41, 5.74) is -0.692. The Kier molecular flexibility index (Phi) is 6.15. The van der Waals surface area contributed by atoms with Crippen LogP contribution >= 0.6 is 15.9 Å². The molecule has 38 heavy (non-hydrogen) atoms. The molecule has 206 valence electrons. The largest absolute Gasteiger partial charge is 0.435 e. The van der Waals surface area contributed by atoms with Crippen molar-refractivity contribution in [2.75, 3.05) is 6.54 Å². The normalized spacial score (nSPS) is 30.1. The van der Waals surface area contributed by atoms with Crippen molar-refractivity contribution < 1.29 is 22.9 Å². The second-order valence-electron chi connectivity index (χ2n) is 12.0. The Morgan fingerprint density at radius 1 is 1.21 bits per heavy atom. The van der Waals surface area contributed by atoms with Crippen LogP contribution in [0.15, 0.2) is 16.7 Å². The molecule has 2 aromatic heterocycles. The highest BCUT2D eigenvalue weighted by molar-refractivity contribution is 9.10. The van der Waals surface area contributed by atoms with Crippen LogP contribution in [0.1, 0.15) is 81.5 Å². The maximum Gasteiger partial charge on any atom is 0.435 e. The summed E-state index contributed by atoms with van der Waals surface area (Å²) < 4.78 is 43.0. The van der Waals surface area contributed by atoms with Gasteiger partial charge in [0.1, 0.15) is 4.47 Å². The van der Waals surface area contributed by atoms with Gasteiger partial charge in [-0.15, -0.1) is 0 Å². The molecule has 0 saturated heterocycles. The summed E-state index contributed by atoms with van der Waals surface area (Å²) in [4.78, 5) is 23.9. The van der Waals surface area contributed by atoms with Crippen LogP contribution in [-0.2, 0) is 23.1 Å². The van der Waals surface area contributed by atoms with E-state index in [2.05, 4.69) is 31.4 Å². The Hall–Kier alpha value is -2.44. The number of carbonyl (C=O) groups excluding carboxylic acids is 1. The molecule has 2 atom stereocenters. The van der Waals surface area contributed by atoms with E-state index in [1.165, 1.54) is 4.68 Å². The van der Waals surface area contributed by atoms with Crippen molar-refractivity contribution in [2.24, 2.45) is 17.3 Å². The molecule has 4 bridgehead atoms. The summed E-state index contributed by atoms with van der Waals surface area (Å²) in [5, 5.41) is 22.5. The fourth-order valence-corrected chi connectivity index (χ4v) is 8.32. The van der Waals surface area contributed by atoms with Crippen molar-refractivity contribution in [2.45, 2.75) is 88.4 Å². The van der Waals surface area contributed by atoms with Crippen LogP contribution < -0.4 is 5.32 Å².